The molecule has 2 aliphatic rings. The Labute approximate surface area is 95.0 Å². The smallest absolute Gasteiger partial charge is 0.0894 e. The third kappa shape index (κ3) is 2.54. The molecule has 0 aromatic rings. The van der Waals surface area contributed by atoms with E-state index in [2.05, 4.69) is 28.2 Å². The quantitative estimate of drug-likeness (QED) is 0.536. The molecule has 2 rings (SSSR count). The van der Waals surface area contributed by atoms with Crippen molar-refractivity contribution in [3.05, 3.63) is 0 Å². The van der Waals surface area contributed by atoms with Crippen molar-refractivity contribution in [1.82, 2.24) is 0 Å². The molecule has 0 aromatic carbocycles. The third-order valence-corrected chi connectivity index (χ3v) is 4.47. The fraction of sp³-hybridized carbons (Fsp3) is 1.00. The highest BCUT2D eigenvalue weighted by atomic mass is 15.4. The summed E-state index contributed by atoms with van der Waals surface area (Å²) in [6.45, 7) is 5.59. The monoisotopic (exact) mass is 212 g/mol. The first kappa shape index (κ1) is 11.4. The normalized spacial score (nSPS) is 32.8. The molecule has 2 heteroatoms. The number of rotatable bonds is 0. The van der Waals surface area contributed by atoms with E-state index < -0.39 is 0 Å². The van der Waals surface area contributed by atoms with Crippen LogP contribution in [-0.2, 0) is 0 Å². The van der Waals surface area contributed by atoms with E-state index in [1.54, 1.807) is 0 Å². The minimum atomic E-state index is 0.670. The van der Waals surface area contributed by atoms with Crippen LogP contribution in [0.25, 0.3) is 0 Å². The van der Waals surface area contributed by atoms with Gasteiger partial charge in [-0.05, 0) is 25.7 Å². The van der Waals surface area contributed by atoms with Gasteiger partial charge in [0.25, 0.3) is 0 Å². The lowest BCUT2D eigenvalue weighted by atomic mass is 9.72. The fourth-order valence-corrected chi connectivity index (χ4v) is 4.23. The van der Waals surface area contributed by atoms with Crippen molar-refractivity contribution in [3.8, 4) is 0 Å². The highest BCUT2D eigenvalue weighted by molar-refractivity contribution is 4.84. The second kappa shape index (κ2) is 3.46. The summed E-state index contributed by atoms with van der Waals surface area (Å²) in [5, 5.41) is 0. The zero-order chi connectivity index (χ0) is 11.2. The second-order valence-electron chi connectivity index (χ2n) is 7.34. The van der Waals surface area contributed by atoms with Crippen LogP contribution >= 0.6 is 0 Å². The Morgan fingerprint density at radius 2 is 1.13 bits per heavy atom. The third-order valence-electron chi connectivity index (χ3n) is 4.47. The van der Waals surface area contributed by atoms with Crippen LogP contribution < -0.4 is 0 Å². The number of hydrogen-bond donors (Lipinski definition) is 0. The molecule has 0 bridgehead atoms. The molecule has 0 radical (unpaired) electrons. The van der Waals surface area contributed by atoms with Crippen LogP contribution in [0, 0.1) is 5.41 Å². The van der Waals surface area contributed by atoms with Gasteiger partial charge in [-0.1, -0.05) is 0 Å². The minimum Gasteiger partial charge on any atom is -0.328 e. The number of piperidine rings is 2. The highest BCUT2D eigenvalue weighted by Gasteiger charge is 2.47. The first-order valence-electron chi connectivity index (χ1n) is 6.47. The number of hydrogen-bond acceptors (Lipinski definition) is 0. The van der Waals surface area contributed by atoms with E-state index in [4.69, 9.17) is 0 Å². The number of likely N-dealkylation sites (tertiary alicyclic amines) is 2. The van der Waals surface area contributed by atoms with Crippen molar-refractivity contribution >= 4 is 0 Å². The first-order valence-corrected chi connectivity index (χ1v) is 6.47. The zero-order valence-corrected chi connectivity index (χ0v) is 11.1. The van der Waals surface area contributed by atoms with Crippen molar-refractivity contribution in [2.24, 2.45) is 5.41 Å². The molecule has 0 saturated carbocycles. The molecule has 15 heavy (non-hydrogen) atoms. The SMILES string of the molecule is C[N+]1(C)CCCC2(CCC[N+](C)(C)C2)C1. The molecule has 0 atom stereocenters. The average Bonchev–Trinajstić information content (AvgIpc) is 1.98. The molecule has 0 amide bonds. The Kier molecular flexibility index (Phi) is 2.63. The second-order valence-corrected chi connectivity index (χ2v) is 7.34. The van der Waals surface area contributed by atoms with Gasteiger partial charge in [0.2, 0.25) is 0 Å². The number of nitrogens with zero attached hydrogens (tertiary/aromatic N) is 2. The van der Waals surface area contributed by atoms with Crippen LogP contribution in [0.2, 0.25) is 0 Å². The Morgan fingerprint density at radius 3 is 1.47 bits per heavy atom. The maximum absolute atomic E-state index is 2.41. The molecule has 2 nitrogen and oxygen atoms in total. The predicted octanol–water partition coefficient (Wildman–Crippen LogP) is 1.71. The summed E-state index contributed by atoms with van der Waals surface area (Å²) in [4.78, 5) is 0. The molecule has 0 N–H and O–H groups in total. The van der Waals surface area contributed by atoms with Crippen molar-refractivity contribution < 1.29 is 8.97 Å². The summed E-state index contributed by atoms with van der Waals surface area (Å²) in [6, 6.07) is 0. The first-order chi connectivity index (χ1) is 6.83. The fourth-order valence-electron chi connectivity index (χ4n) is 4.23. The Balaban J connectivity index is 2.12. The van der Waals surface area contributed by atoms with Crippen molar-refractivity contribution in [2.75, 3.05) is 54.4 Å². The summed E-state index contributed by atoms with van der Waals surface area (Å²) in [5.74, 6) is 0. The van der Waals surface area contributed by atoms with Crippen molar-refractivity contribution in [2.45, 2.75) is 25.7 Å². The highest BCUT2D eigenvalue weighted by Crippen LogP contribution is 2.41. The van der Waals surface area contributed by atoms with Crippen molar-refractivity contribution in [3.63, 3.8) is 0 Å². The number of quaternary nitrogens is 2. The average molecular weight is 212 g/mol. The van der Waals surface area contributed by atoms with E-state index in [0.29, 0.717) is 5.41 Å². The topological polar surface area (TPSA) is 0 Å². The van der Waals surface area contributed by atoms with Gasteiger partial charge in [0.1, 0.15) is 0 Å². The van der Waals surface area contributed by atoms with Gasteiger partial charge in [0.05, 0.1) is 59.8 Å². The minimum absolute atomic E-state index is 0.670. The lowest BCUT2D eigenvalue weighted by Crippen LogP contribution is -2.61. The zero-order valence-electron chi connectivity index (χ0n) is 11.1. The van der Waals surface area contributed by atoms with Crippen LogP contribution in [0.15, 0.2) is 0 Å². The summed E-state index contributed by atoms with van der Waals surface area (Å²) in [5.41, 5.74) is 0.670. The lowest BCUT2D eigenvalue weighted by Gasteiger charge is -2.51. The van der Waals surface area contributed by atoms with E-state index in [1.165, 1.54) is 60.8 Å². The molecule has 88 valence electrons. The molecule has 2 saturated heterocycles. The molecule has 2 heterocycles. The molecule has 1 spiro atoms. The largest absolute Gasteiger partial charge is 0.328 e. The predicted molar refractivity (Wildman–Crippen MR) is 64.6 cm³/mol. The lowest BCUT2D eigenvalue weighted by molar-refractivity contribution is -0.932. The van der Waals surface area contributed by atoms with Crippen LogP contribution in [0.4, 0.5) is 0 Å². The maximum Gasteiger partial charge on any atom is 0.0894 e. The van der Waals surface area contributed by atoms with Crippen LogP contribution in [0.1, 0.15) is 25.7 Å². The van der Waals surface area contributed by atoms with Gasteiger partial charge < -0.3 is 8.97 Å². The summed E-state index contributed by atoms with van der Waals surface area (Å²) in [7, 11) is 9.65. The Hall–Kier alpha value is -0.0800. The Bertz CT molecular complexity index is 217. The van der Waals surface area contributed by atoms with Crippen LogP contribution in [-0.4, -0.2) is 63.3 Å². The van der Waals surface area contributed by atoms with Gasteiger partial charge in [-0.3, -0.25) is 0 Å². The Morgan fingerprint density at radius 1 is 0.733 bits per heavy atom. The molecular formula is C13H28N2+2. The maximum atomic E-state index is 2.41. The summed E-state index contributed by atoms with van der Waals surface area (Å²) < 4.78 is 2.50. The summed E-state index contributed by atoms with van der Waals surface area (Å²) >= 11 is 0. The van der Waals surface area contributed by atoms with Crippen LogP contribution in [0.3, 0.4) is 0 Å². The van der Waals surface area contributed by atoms with Crippen LogP contribution in [0.5, 0.6) is 0 Å². The van der Waals surface area contributed by atoms with Gasteiger partial charge in [0, 0.05) is 0 Å². The van der Waals surface area contributed by atoms with E-state index >= 15 is 0 Å². The van der Waals surface area contributed by atoms with Gasteiger partial charge >= 0.3 is 0 Å². The van der Waals surface area contributed by atoms with Gasteiger partial charge in [-0.25, -0.2) is 0 Å². The van der Waals surface area contributed by atoms with Gasteiger partial charge in [-0.2, -0.15) is 0 Å². The van der Waals surface area contributed by atoms with Gasteiger partial charge in [0.15, 0.2) is 0 Å². The van der Waals surface area contributed by atoms with E-state index in [-0.39, 0.29) is 0 Å². The summed E-state index contributed by atoms with van der Waals surface area (Å²) in [6.07, 6.45) is 5.84. The molecular weight excluding hydrogens is 184 g/mol. The molecule has 2 aliphatic heterocycles. The molecule has 2 fully saturated rings. The molecule has 0 aliphatic carbocycles. The van der Waals surface area contributed by atoms with Crippen molar-refractivity contribution in [1.29, 1.82) is 0 Å². The molecule has 0 unspecified atom stereocenters. The van der Waals surface area contributed by atoms with E-state index in [9.17, 15) is 0 Å². The van der Waals surface area contributed by atoms with E-state index in [1.807, 2.05) is 0 Å². The standard InChI is InChI=1S/C13H28N2/c1-14(2)9-5-7-13(11-14)8-6-10-15(3,4)12-13/h5-12H2,1-4H3/q+2. The van der Waals surface area contributed by atoms with Gasteiger partial charge in [-0.15, -0.1) is 0 Å². The molecule has 0 aromatic heterocycles. The van der Waals surface area contributed by atoms with E-state index in [0.717, 1.165) is 0 Å².